The molecule has 14 heavy (non-hydrogen) atoms. The molecule has 0 bridgehead atoms. The van der Waals surface area contributed by atoms with Crippen LogP contribution in [0.4, 0.5) is 0 Å². The smallest absolute Gasteiger partial charge is 0.168 e. The van der Waals surface area contributed by atoms with E-state index in [4.69, 9.17) is 4.74 Å². The fourth-order valence-corrected chi connectivity index (χ4v) is 1.85. The molecule has 0 radical (unpaired) electrons. The lowest BCUT2D eigenvalue weighted by atomic mass is 10.0. The summed E-state index contributed by atoms with van der Waals surface area (Å²) < 4.78 is 7.36. The first-order valence-electron chi connectivity index (χ1n) is 4.88. The van der Waals surface area contributed by atoms with Crippen LogP contribution >= 0.6 is 0 Å². The van der Waals surface area contributed by atoms with Gasteiger partial charge in [-0.2, -0.15) is 0 Å². The van der Waals surface area contributed by atoms with Crippen LogP contribution in [0.15, 0.2) is 12.5 Å². The van der Waals surface area contributed by atoms with Gasteiger partial charge in [-0.1, -0.05) is 0 Å². The van der Waals surface area contributed by atoms with Crippen LogP contribution in [-0.2, 0) is 11.3 Å². The number of ether oxygens (including phenoxy) is 1. The molecule has 1 saturated heterocycles. The molecule has 2 atom stereocenters. The van der Waals surface area contributed by atoms with Gasteiger partial charge < -0.3 is 9.30 Å². The van der Waals surface area contributed by atoms with Crippen molar-refractivity contribution < 1.29 is 9.53 Å². The minimum absolute atomic E-state index is 0.289. The van der Waals surface area contributed by atoms with E-state index in [9.17, 15) is 4.79 Å². The lowest BCUT2D eigenvalue weighted by molar-refractivity contribution is 0.100. The molecule has 0 amide bonds. The zero-order valence-electron chi connectivity index (χ0n) is 8.22. The number of nitrogens with zero attached hydrogens (tertiary/aromatic N) is 2. The zero-order chi connectivity index (χ0) is 9.97. The number of rotatable bonds is 3. The summed E-state index contributed by atoms with van der Waals surface area (Å²) in [4.78, 5) is 14.6. The minimum Gasteiger partial charge on any atom is -0.378 e. The van der Waals surface area contributed by atoms with Crippen LogP contribution in [-0.4, -0.2) is 28.5 Å². The summed E-state index contributed by atoms with van der Waals surface area (Å²) in [6, 6.07) is 0. The lowest BCUT2D eigenvalue weighted by Gasteiger charge is -2.14. The molecule has 2 unspecified atom stereocenters. The predicted octanol–water partition coefficient (Wildman–Crippen LogP) is 1.12. The average Bonchev–Trinajstić information content (AvgIpc) is 2.77. The lowest BCUT2D eigenvalue weighted by Crippen LogP contribution is -2.18. The van der Waals surface area contributed by atoms with Crippen LogP contribution in [0.1, 0.15) is 23.8 Å². The molecule has 4 nitrogen and oxygen atoms in total. The van der Waals surface area contributed by atoms with E-state index in [1.165, 1.54) is 0 Å². The maximum Gasteiger partial charge on any atom is 0.168 e. The summed E-state index contributed by atoms with van der Waals surface area (Å²) >= 11 is 0. The van der Waals surface area contributed by atoms with Crippen LogP contribution in [0.25, 0.3) is 0 Å². The van der Waals surface area contributed by atoms with E-state index >= 15 is 0 Å². The van der Waals surface area contributed by atoms with E-state index < -0.39 is 0 Å². The Bertz CT molecular complexity index is 322. The van der Waals surface area contributed by atoms with Gasteiger partial charge in [0.2, 0.25) is 0 Å². The highest BCUT2D eigenvalue weighted by molar-refractivity contribution is 5.71. The van der Waals surface area contributed by atoms with Gasteiger partial charge in [-0.15, -0.1) is 0 Å². The number of aromatic nitrogens is 2. The second-order valence-corrected chi connectivity index (χ2v) is 3.71. The number of hydrogen-bond donors (Lipinski definition) is 0. The first-order valence-corrected chi connectivity index (χ1v) is 4.88. The fourth-order valence-electron chi connectivity index (χ4n) is 1.85. The Morgan fingerprint density at radius 3 is 3.29 bits per heavy atom. The predicted molar refractivity (Wildman–Crippen MR) is 51.1 cm³/mol. The Labute approximate surface area is 82.9 Å². The van der Waals surface area contributed by atoms with E-state index in [2.05, 4.69) is 11.9 Å². The quantitative estimate of drug-likeness (QED) is 0.677. The van der Waals surface area contributed by atoms with Crippen molar-refractivity contribution in [2.45, 2.75) is 26.0 Å². The molecule has 4 heteroatoms. The molecule has 2 heterocycles. The summed E-state index contributed by atoms with van der Waals surface area (Å²) in [5.41, 5.74) is 0.643. The van der Waals surface area contributed by atoms with Crippen molar-refractivity contribution in [3.05, 3.63) is 18.2 Å². The number of carbonyl (C=O) groups is 1. The van der Waals surface area contributed by atoms with Gasteiger partial charge in [0, 0.05) is 19.1 Å². The van der Waals surface area contributed by atoms with Gasteiger partial charge in [0.1, 0.15) is 5.69 Å². The maximum atomic E-state index is 10.7. The molecule has 0 aliphatic carbocycles. The molecule has 0 N–H and O–H groups in total. The normalized spacial score (nSPS) is 26.6. The molecule has 76 valence electrons. The largest absolute Gasteiger partial charge is 0.378 e. The maximum absolute atomic E-state index is 10.7. The molecule has 1 aromatic heterocycles. The minimum atomic E-state index is 0.289. The molecule has 1 aliphatic heterocycles. The van der Waals surface area contributed by atoms with Crippen molar-refractivity contribution in [1.82, 2.24) is 9.55 Å². The van der Waals surface area contributed by atoms with Crippen LogP contribution < -0.4 is 0 Å². The summed E-state index contributed by atoms with van der Waals surface area (Å²) in [7, 11) is 0. The summed E-state index contributed by atoms with van der Waals surface area (Å²) in [6.45, 7) is 3.74. The van der Waals surface area contributed by atoms with E-state index in [0.29, 0.717) is 11.6 Å². The topological polar surface area (TPSA) is 44.1 Å². The summed E-state index contributed by atoms with van der Waals surface area (Å²) in [6.07, 6.45) is 5.49. The van der Waals surface area contributed by atoms with Crippen molar-refractivity contribution in [3.63, 3.8) is 0 Å². The van der Waals surface area contributed by atoms with E-state index in [0.717, 1.165) is 25.9 Å². The highest BCUT2D eigenvalue weighted by Crippen LogP contribution is 2.22. The van der Waals surface area contributed by atoms with Gasteiger partial charge in [-0.3, -0.25) is 4.79 Å². The molecular weight excluding hydrogens is 180 g/mol. The van der Waals surface area contributed by atoms with Crippen molar-refractivity contribution in [2.75, 3.05) is 6.61 Å². The average molecular weight is 194 g/mol. The molecule has 0 aromatic carbocycles. The summed E-state index contributed by atoms with van der Waals surface area (Å²) in [5, 5.41) is 0. The number of imidazole rings is 1. The Morgan fingerprint density at radius 2 is 2.64 bits per heavy atom. The van der Waals surface area contributed by atoms with E-state index in [1.54, 1.807) is 12.5 Å². The Hall–Kier alpha value is -1.16. The molecular formula is C10H14N2O2. The van der Waals surface area contributed by atoms with E-state index in [1.807, 2.05) is 4.57 Å². The van der Waals surface area contributed by atoms with Crippen molar-refractivity contribution in [3.8, 4) is 0 Å². The van der Waals surface area contributed by atoms with Crippen LogP contribution in [0, 0.1) is 5.92 Å². The molecule has 0 spiro atoms. The molecule has 1 aliphatic rings. The standard InChI is InChI=1S/C10H14N2O2/c1-8-9(2-3-14-8)5-12-7-11-4-10(12)6-13/h4,6-9H,2-3,5H2,1H3. The van der Waals surface area contributed by atoms with Crippen LogP contribution in [0.2, 0.25) is 0 Å². The molecule has 2 rings (SSSR count). The zero-order valence-corrected chi connectivity index (χ0v) is 8.22. The highest BCUT2D eigenvalue weighted by atomic mass is 16.5. The first kappa shape index (κ1) is 9.40. The second-order valence-electron chi connectivity index (χ2n) is 3.71. The Morgan fingerprint density at radius 1 is 1.79 bits per heavy atom. The third-order valence-corrected chi connectivity index (χ3v) is 2.83. The molecule has 0 saturated carbocycles. The monoisotopic (exact) mass is 194 g/mol. The number of hydrogen-bond acceptors (Lipinski definition) is 3. The van der Waals surface area contributed by atoms with Gasteiger partial charge >= 0.3 is 0 Å². The van der Waals surface area contributed by atoms with Crippen molar-refractivity contribution in [2.24, 2.45) is 5.92 Å². The van der Waals surface area contributed by atoms with Crippen molar-refractivity contribution >= 4 is 6.29 Å². The van der Waals surface area contributed by atoms with E-state index in [-0.39, 0.29) is 6.10 Å². The third-order valence-electron chi connectivity index (χ3n) is 2.83. The number of aldehydes is 1. The third kappa shape index (κ3) is 1.70. The first-order chi connectivity index (χ1) is 6.81. The van der Waals surface area contributed by atoms with Gasteiger partial charge in [-0.05, 0) is 13.3 Å². The molecule has 1 fully saturated rings. The molecule has 1 aromatic rings. The second kappa shape index (κ2) is 3.92. The SMILES string of the molecule is CC1OCCC1Cn1cncc1C=O. The van der Waals surface area contributed by atoms with Gasteiger partial charge in [-0.25, -0.2) is 4.98 Å². The highest BCUT2D eigenvalue weighted by Gasteiger charge is 2.24. The van der Waals surface area contributed by atoms with Gasteiger partial charge in [0.05, 0.1) is 18.6 Å². The van der Waals surface area contributed by atoms with Gasteiger partial charge in [0.25, 0.3) is 0 Å². The van der Waals surface area contributed by atoms with Crippen LogP contribution in [0.5, 0.6) is 0 Å². The van der Waals surface area contributed by atoms with Crippen LogP contribution in [0.3, 0.4) is 0 Å². The fraction of sp³-hybridized carbons (Fsp3) is 0.600. The van der Waals surface area contributed by atoms with Gasteiger partial charge in [0.15, 0.2) is 6.29 Å². The Balaban J connectivity index is 2.06. The summed E-state index contributed by atoms with van der Waals surface area (Å²) in [5.74, 6) is 0.503. The Kier molecular flexibility index (Phi) is 2.63. The number of carbonyl (C=O) groups excluding carboxylic acids is 1. The van der Waals surface area contributed by atoms with Crippen molar-refractivity contribution in [1.29, 1.82) is 0 Å².